The van der Waals surface area contributed by atoms with Crippen LogP contribution in [0.25, 0.3) is 0 Å². The molecule has 0 aliphatic rings. The van der Waals surface area contributed by atoms with Crippen LogP contribution in [0.3, 0.4) is 0 Å². The van der Waals surface area contributed by atoms with E-state index < -0.39 is 13.1 Å². The maximum Gasteiger partial charge on any atom is 0.475 e. The van der Waals surface area contributed by atoms with E-state index in [1.54, 1.807) is 6.92 Å². The highest BCUT2D eigenvalue weighted by Crippen LogP contribution is 2.04. The van der Waals surface area contributed by atoms with Crippen LogP contribution in [0, 0.1) is 0 Å². The van der Waals surface area contributed by atoms with E-state index in [1.807, 2.05) is 30.3 Å². The summed E-state index contributed by atoms with van der Waals surface area (Å²) in [6.45, 7) is 1.72. The summed E-state index contributed by atoms with van der Waals surface area (Å²) in [7, 11) is -1.55. The van der Waals surface area contributed by atoms with E-state index in [0.717, 1.165) is 5.56 Å². The molecule has 1 aromatic carbocycles. The summed E-state index contributed by atoms with van der Waals surface area (Å²) >= 11 is 0. The molecule has 1 amide bonds. The van der Waals surface area contributed by atoms with Gasteiger partial charge in [0.15, 0.2) is 0 Å². The molecule has 0 spiro atoms. The van der Waals surface area contributed by atoms with Crippen LogP contribution in [0.15, 0.2) is 30.3 Å². The second-order valence-electron chi connectivity index (χ2n) is 3.63. The second-order valence-corrected chi connectivity index (χ2v) is 3.63. The molecule has 5 heteroatoms. The average Bonchev–Trinajstić information content (AvgIpc) is 2.29. The van der Waals surface area contributed by atoms with Crippen LogP contribution in [0.4, 0.5) is 0 Å². The first-order valence-corrected chi connectivity index (χ1v) is 5.33. The van der Waals surface area contributed by atoms with Crippen molar-refractivity contribution in [3.63, 3.8) is 0 Å². The minimum Gasteiger partial charge on any atom is -0.426 e. The van der Waals surface area contributed by atoms with Crippen LogP contribution in [0.2, 0.25) is 0 Å². The molecule has 0 fully saturated rings. The Morgan fingerprint density at radius 1 is 1.38 bits per heavy atom. The smallest absolute Gasteiger partial charge is 0.426 e. The van der Waals surface area contributed by atoms with E-state index in [-0.39, 0.29) is 5.91 Å². The fraction of sp³-hybridized carbons (Fsp3) is 0.364. The molecule has 0 aliphatic heterocycles. The molecule has 1 rings (SSSR count). The van der Waals surface area contributed by atoms with Crippen LogP contribution < -0.4 is 5.32 Å². The van der Waals surface area contributed by atoms with E-state index in [1.165, 1.54) is 0 Å². The molecule has 1 atom stereocenters. The van der Waals surface area contributed by atoms with Gasteiger partial charge in [-0.25, -0.2) is 0 Å². The zero-order valence-corrected chi connectivity index (χ0v) is 9.26. The van der Waals surface area contributed by atoms with Crippen molar-refractivity contribution in [3.8, 4) is 0 Å². The van der Waals surface area contributed by atoms with Crippen LogP contribution >= 0.6 is 0 Å². The minimum absolute atomic E-state index is 0.186. The average molecular weight is 221 g/mol. The molecule has 0 heterocycles. The number of nitrogens with one attached hydrogen (secondary N) is 1. The second kappa shape index (κ2) is 6.30. The Kier molecular flexibility index (Phi) is 5.02. The summed E-state index contributed by atoms with van der Waals surface area (Å²) < 4.78 is 0. The Balaban J connectivity index is 2.62. The highest BCUT2D eigenvalue weighted by atomic mass is 16.4. The van der Waals surface area contributed by atoms with E-state index in [2.05, 4.69) is 5.32 Å². The van der Waals surface area contributed by atoms with Gasteiger partial charge in [-0.05, 0) is 12.0 Å². The zero-order chi connectivity index (χ0) is 12.0. The van der Waals surface area contributed by atoms with Gasteiger partial charge in [0.2, 0.25) is 5.91 Å². The van der Waals surface area contributed by atoms with Crippen molar-refractivity contribution in [2.45, 2.75) is 25.7 Å². The summed E-state index contributed by atoms with van der Waals surface area (Å²) in [6, 6.07) is 9.40. The van der Waals surface area contributed by atoms with Crippen molar-refractivity contribution in [1.29, 1.82) is 0 Å². The number of carbonyl (C=O) groups is 1. The molecule has 1 aromatic rings. The van der Waals surface area contributed by atoms with Crippen LogP contribution in [0.1, 0.15) is 18.9 Å². The third-order valence-corrected chi connectivity index (χ3v) is 2.33. The fourth-order valence-electron chi connectivity index (χ4n) is 1.41. The Hall–Kier alpha value is -1.33. The molecule has 16 heavy (non-hydrogen) atoms. The Morgan fingerprint density at radius 3 is 2.50 bits per heavy atom. The van der Waals surface area contributed by atoms with Crippen molar-refractivity contribution in [3.05, 3.63) is 35.9 Å². The maximum absolute atomic E-state index is 11.2. The Labute approximate surface area is 95.4 Å². The molecular formula is C11H16BNO3. The van der Waals surface area contributed by atoms with Crippen molar-refractivity contribution >= 4 is 13.0 Å². The van der Waals surface area contributed by atoms with Gasteiger partial charge in [0.25, 0.3) is 0 Å². The highest BCUT2D eigenvalue weighted by Gasteiger charge is 2.24. The third kappa shape index (κ3) is 4.04. The lowest BCUT2D eigenvalue weighted by molar-refractivity contribution is -0.121. The van der Waals surface area contributed by atoms with Gasteiger partial charge in [-0.2, -0.15) is 0 Å². The molecule has 0 bridgehead atoms. The first-order chi connectivity index (χ1) is 7.63. The molecule has 0 saturated heterocycles. The fourth-order valence-corrected chi connectivity index (χ4v) is 1.41. The zero-order valence-electron chi connectivity index (χ0n) is 9.26. The minimum atomic E-state index is -1.55. The van der Waals surface area contributed by atoms with Crippen LogP contribution in [-0.4, -0.2) is 29.0 Å². The number of amides is 1. The van der Waals surface area contributed by atoms with Gasteiger partial charge in [-0.15, -0.1) is 0 Å². The van der Waals surface area contributed by atoms with Crippen molar-refractivity contribution in [1.82, 2.24) is 5.32 Å². The molecule has 0 aromatic heterocycles. The predicted octanol–water partition coefficient (Wildman–Crippen LogP) is 0.136. The molecule has 4 nitrogen and oxygen atoms in total. The molecule has 0 radical (unpaired) electrons. The molecule has 1 unspecified atom stereocenters. The lowest BCUT2D eigenvalue weighted by atomic mass is 9.76. The van der Waals surface area contributed by atoms with Crippen LogP contribution in [0.5, 0.6) is 0 Å². The first kappa shape index (κ1) is 12.7. The van der Waals surface area contributed by atoms with Gasteiger partial charge in [-0.1, -0.05) is 37.3 Å². The largest absolute Gasteiger partial charge is 0.475 e. The van der Waals surface area contributed by atoms with Gasteiger partial charge in [0.05, 0.1) is 5.94 Å². The highest BCUT2D eigenvalue weighted by molar-refractivity contribution is 6.43. The SMILES string of the molecule is CCC(=O)NC(Cc1ccccc1)B(O)O. The standard InChI is InChI=1S/C11H16BNO3/c1-2-11(14)13-10(12(15)16)8-9-6-4-3-5-7-9/h3-7,10,15-16H,2,8H2,1H3,(H,13,14). The quantitative estimate of drug-likeness (QED) is 0.619. The lowest BCUT2D eigenvalue weighted by Crippen LogP contribution is -2.47. The van der Waals surface area contributed by atoms with E-state index in [4.69, 9.17) is 10.0 Å². The van der Waals surface area contributed by atoms with Crippen molar-refractivity contribution in [2.24, 2.45) is 0 Å². The molecule has 0 saturated carbocycles. The number of rotatable bonds is 5. The Morgan fingerprint density at radius 2 is 2.00 bits per heavy atom. The van der Waals surface area contributed by atoms with Crippen LogP contribution in [-0.2, 0) is 11.2 Å². The summed E-state index contributed by atoms with van der Waals surface area (Å²) in [5.74, 6) is -0.844. The summed E-state index contributed by atoms with van der Waals surface area (Å²) in [5.41, 5.74) is 0.956. The normalized spacial score (nSPS) is 11.9. The van der Waals surface area contributed by atoms with Crippen molar-refractivity contribution in [2.75, 3.05) is 0 Å². The van der Waals surface area contributed by atoms with Crippen molar-refractivity contribution < 1.29 is 14.8 Å². The van der Waals surface area contributed by atoms with Gasteiger partial charge in [-0.3, -0.25) is 4.79 Å². The van der Waals surface area contributed by atoms with E-state index in [0.29, 0.717) is 12.8 Å². The number of hydrogen-bond donors (Lipinski definition) is 3. The summed E-state index contributed by atoms with van der Waals surface area (Å²) in [4.78, 5) is 11.2. The van der Waals surface area contributed by atoms with E-state index >= 15 is 0 Å². The molecule has 3 N–H and O–H groups in total. The van der Waals surface area contributed by atoms with Gasteiger partial charge in [0.1, 0.15) is 0 Å². The number of hydrogen-bond acceptors (Lipinski definition) is 3. The predicted molar refractivity (Wildman–Crippen MR) is 62.6 cm³/mol. The lowest BCUT2D eigenvalue weighted by Gasteiger charge is -2.17. The monoisotopic (exact) mass is 221 g/mol. The number of benzene rings is 1. The first-order valence-electron chi connectivity index (χ1n) is 5.33. The van der Waals surface area contributed by atoms with Gasteiger partial charge < -0.3 is 15.4 Å². The third-order valence-electron chi connectivity index (χ3n) is 2.33. The van der Waals surface area contributed by atoms with Gasteiger partial charge >= 0.3 is 7.12 Å². The summed E-state index contributed by atoms with van der Waals surface area (Å²) in [5, 5.41) is 20.9. The Bertz CT molecular complexity index is 329. The number of carbonyl (C=O) groups excluding carboxylic acids is 1. The maximum atomic E-state index is 11.2. The molecule has 86 valence electrons. The summed E-state index contributed by atoms with van der Waals surface area (Å²) in [6.07, 6.45) is 0.738. The van der Waals surface area contributed by atoms with Gasteiger partial charge in [0, 0.05) is 6.42 Å². The van der Waals surface area contributed by atoms with E-state index in [9.17, 15) is 4.79 Å². The molecular weight excluding hydrogens is 205 g/mol. The molecule has 0 aliphatic carbocycles. The topological polar surface area (TPSA) is 69.6 Å².